The lowest BCUT2D eigenvalue weighted by Gasteiger charge is -2.25. The highest BCUT2D eigenvalue weighted by atomic mass is 79.9. The fourth-order valence-electron chi connectivity index (χ4n) is 1.76. The molecule has 0 aliphatic rings. The molecule has 0 bridgehead atoms. The number of amides is 3. The maximum absolute atomic E-state index is 13.7. The van der Waals surface area contributed by atoms with Crippen molar-refractivity contribution >= 4 is 27.9 Å². The second-order valence-corrected chi connectivity index (χ2v) is 5.23. The molecule has 1 atom stereocenters. The van der Waals surface area contributed by atoms with Crippen LogP contribution in [-0.2, 0) is 11.3 Å². The van der Waals surface area contributed by atoms with Crippen molar-refractivity contribution in [3.8, 4) is 0 Å². The van der Waals surface area contributed by atoms with Crippen LogP contribution in [0.15, 0.2) is 22.7 Å². The van der Waals surface area contributed by atoms with Crippen LogP contribution in [0.4, 0.5) is 9.18 Å². The molecule has 0 fully saturated rings. The predicted octanol–water partition coefficient (Wildman–Crippen LogP) is 1.99. The maximum atomic E-state index is 13.7. The highest BCUT2D eigenvalue weighted by Crippen LogP contribution is 2.17. The highest BCUT2D eigenvalue weighted by molar-refractivity contribution is 9.10. The third kappa shape index (κ3) is 4.48. The number of nitrogens with one attached hydrogen (secondary N) is 1. The smallest absolute Gasteiger partial charge is 0.312 e. The lowest BCUT2D eigenvalue weighted by atomic mass is 10.2. The Morgan fingerprint density at radius 3 is 2.70 bits per heavy atom. The zero-order chi connectivity index (χ0) is 15.3. The largest absolute Gasteiger partial charge is 0.352 e. The number of hydrogen-bond acceptors (Lipinski definition) is 2. The Bertz CT molecular complexity index is 510. The van der Waals surface area contributed by atoms with E-state index in [1.165, 1.54) is 17.9 Å². The molecule has 0 saturated heterocycles. The minimum absolute atomic E-state index is 0.130. The van der Waals surface area contributed by atoms with Crippen molar-refractivity contribution in [1.82, 2.24) is 10.2 Å². The molecule has 0 radical (unpaired) electrons. The fraction of sp³-hybridized carbons (Fsp3) is 0.385. The van der Waals surface area contributed by atoms with E-state index >= 15 is 0 Å². The Morgan fingerprint density at radius 2 is 2.15 bits per heavy atom. The summed E-state index contributed by atoms with van der Waals surface area (Å²) in [5.74, 6) is -0.694. The maximum Gasteiger partial charge on any atom is 0.312 e. The first-order valence-electron chi connectivity index (χ1n) is 6.13. The normalized spacial score (nSPS) is 11.8. The molecule has 1 aromatic carbocycles. The number of urea groups is 1. The standard InChI is InChI=1S/C13H17BrFN3O2/c1-3-18(12(19)8(2)17-13(16)20)7-9-6-10(14)4-5-11(9)15/h4-6,8H,3,7H2,1-2H3,(H3,16,17,20). The van der Waals surface area contributed by atoms with Gasteiger partial charge in [0.2, 0.25) is 5.91 Å². The molecule has 0 saturated carbocycles. The van der Waals surface area contributed by atoms with Gasteiger partial charge in [0.15, 0.2) is 0 Å². The molecule has 5 nitrogen and oxygen atoms in total. The molecule has 110 valence electrons. The second kappa shape index (κ2) is 7.23. The second-order valence-electron chi connectivity index (χ2n) is 4.32. The summed E-state index contributed by atoms with van der Waals surface area (Å²) in [7, 11) is 0. The Kier molecular flexibility index (Phi) is 5.94. The minimum atomic E-state index is -0.768. The molecule has 0 spiro atoms. The lowest BCUT2D eigenvalue weighted by Crippen LogP contribution is -2.48. The van der Waals surface area contributed by atoms with Gasteiger partial charge < -0.3 is 16.0 Å². The van der Waals surface area contributed by atoms with E-state index in [0.29, 0.717) is 12.1 Å². The molecular weight excluding hydrogens is 329 g/mol. The summed E-state index contributed by atoms with van der Waals surface area (Å²) in [5.41, 5.74) is 5.39. The van der Waals surface area contributed by atoms with Gasteiger partial charge >= 0.3 is 6.03 Å². The third-order valence-corrected chi connectivity index (χ3v) is 3.28. The van der Waals surface area contributed by atoms with Crippen LogP contribution in [0.1, 0.15) is 19.4 Å². The monoisotopic (exact) mass is 345 g/mol. The van der Waals surface area contributed by atoms with E-state index < -0.39 is 12.1 Å². The van der Waals surface area contributed by atoms with Gasteiger partial charge in [-0.1, -0.05) is 15.9 Å². The number of nitrogens with zero attached hydrogens (tertiary/aromatic N) is 1. The minimum Gasteiger partial charge on any atom is -0.352 e. The summed E-state index contributed by atoms with van der Waals surface area (Å²) < 4.78 is 14.4. The number of hydrogen-bond donors (Lipinski definition) is 2. The van der Waals surface area contributed by atoms with Gasteiger partial charge in [0.1, 0.15) is 11.9 Å². The van der Waals surface area contributed by atoms with Crippen LogP contribution in [0.5, 0.6) is 0 Å². The van der Waals surface area contributed by atoms with E-state index in [4.69, 9.17) is 5.73 Å². The molecule has 0 aromatic heterocycles. The van der Waals surface area contributed by atoms with E-state index in [1.54, 1.807) is 19.1 Å². The first-order valence-corrected chi connectivity index (χ1v) is 6.93. The SMILES string of the molecule is CCN(Cc1cc(Br)ccc1F)C(=O)C(C)NC(N)=O. The van der Waals surface area contributed by atoms with Crippen molar-refractivity contribution in [2.45, 2.75) is 26.4 Å². The van der Waals surface area contributed by atoms with Crippen LogP contribution in [0.3, 0.4) is 0 Å². The zero-order valence-corrected chi connectivity index (χ0v) is 12.9. The number of nitrogens with two attached hydrogens (primary N) is 1. The molecule has 3 amide bonds. The number of carbonyl (C=O) groups excluding carboxylic acids is 2. The Labute approximate surface area is 125 Å². The van der Waals surface area contributed by atoms with E-state index in [9.17, 15) is 14.0 Å². The van der Waals surface area contributed by atoms with Crippen LogP contribution in [-0.4, -0.2) is 29.4 Å². The van der Waals surface area contributed by atoms with E-state index in [1.807, 2.05) is 0 Å². The number of halogens is 2. The summed E-state index contributed by atoms with van der Waals surface area (Å²) in [6.45, 7) is 3.85. The zero-order valence-electron chi connectivity index (χ0n) is 11.3. The van der Waals surface area contributed by atoms with Crippen molar-refractivity contribution in [2.24, 2.45) is 5.73 Å². The summed E-state index contributed by atoms with van der Waals surface area (Å²) in [6.07, 6.45) is 0. The van der Waals surface area contributed by atoms with Gasteiger partial charge in [0, 0.05) is 23.1 Å². The summed E-state index contributed by atoms with van der Waals surface area (Å²) in [6, 6.07) is 3.03. The average molecular weight is 346 g/mol. The first-order chi connectivity index (χ1) is 9.35. The average Bonchev–Trinajstić information content (AvgIpc) is 2.38. The van der Waals surface area contributed by atoms with Crippen LogP contribution in [0.25, 0.3) is 0 Å². The number of carbonyl (C=O) groups is 2. The number of likely N-dealkylation sites (N-methyl/N-ethyl adjacent to an activating group) is 1. The van der Waals surface area contributed by atoms with Gasteiger partial charge in [-0.15, -0.1) is 0 Å². The van der Waals surface area contributed by atoms with Crippen molar-refractivity contribution in [3.63, 3.8) is 0 Å². The van der Waals surface area contributed by atoms with Gasteiger partial charge in [-0.05, 0) is 32.0 Å². The van der Waals surface area contributed by atoms with Gasteiger partial charge in [0.05, 0.1) is 0 Å². The van der Waals surface area contributed by atoms with Crippen molar-refractivity contribution in [1.29, 1.82) is 0 Å². The van der Waals surface area contributed by atoms with Gasteiger partial charge in [0.25, 0.3) is 0 Å². The Morgan fingerprint density at radius 1 is 1.50 bits per heavy atom. The molecule has 0 aliphatic carbocycles. The molecule has 0 aliphatic heterocycles. The summed E-state index contributed by atoms with van der Waals surface area (Å²) in [5, 5.41) is 2.31. The van der Waals surface area contributed by atoms with E-state index in [2.05, 4.69) is 21.2 Å². The molecule has 3 N–H and O–H groups in total. The molecule has 0 heterocycles. The summed E-state index contributed by atoms with van der Waals surface area (Å²) >= 11 is 3.26. The Hall–Kier alpha value is -1.63. The van der Waals surface area contributed by atoms with E-state index in [0.717, 1.165) is 4.47 Å². The molecule has 1 unspecified atom stereocenters. The van der Waals surface area contributed by atoms with Gasteiger partial charge in [-0.2, -0.15) is 0 Å². The molecular formula is C13H17BrFN3O2. The van der Waals surface area contributed by atoms with Crippen LogP contribution in [0, 0.1) is 5.82 Å². The molecule has 20 heavy (non-hydrogen) atoms. The van der Waals surface area contributed by atoms with Crippen molar-refractivity contribution < 1.29 is 14.0 Å². The topological polar surface area (TPSA) is 75.4 Å². The lowest BCUT2D eigenvalue weighted by molar-refractivity contribution is -0.133. The van der Waals surface area contributed by atoms with Gasteiger partial charge in [-0.3, -0.25) is 4.79 Å². The quantitative estimate of drug-likeness (QED) is 0.856. The number of primary amides is 1. The summed E-state index contributed by atoms with van der Waals surface area (Å²) in [4.78, 5) is 24.3. The Balaban J connectivity index is 2.83. The molecule has 1 aromatic rings. The highest BCUT2D eigenvalue weighted by Gasteiger charge is 2.21. The first kappa shape index (κ1) is 16.4. The predicted molar refractivity (Wildman–Crippen MR) is 77.4 cm³/mol. The third-order valence-electron chi connectivity index (χ3n) is 2.79. The van der Waals surface area contributed by atoms with Crippen LogP contribution < -0.4 is 11.1 Å². The molecule has 7 heteroatoms. The van der Waals surface area contributed by atoms with Crippen molar-refractivity contribution in [3.05, 3.63) is 34.1 Å². The van der Waals surface area contributed by atoms with Crippen molar-refractivity contribution in [2.75, 3.05) is 6.54 Å². The fourth-order valence-corrected chi connectivity index (χ4v) is 2.17. The van der Waals surface area contributed by atoms with Gasteiger partial charge in [-0.25, -0.2) is 9.18 Å². The number of benzene rings is 1. The molecule has 1 rings (SSSR count). The van der Waals surface area contributed by atoms with E-state index in [-0.39, 0.29) is 18.3 Å². The number of rotatable bonds is 5. The van der Waals surface area contributed by atoms with Crippen LogP contribution >= 0.6 is 15.9 Å². The van der Waals surface area contributed by atoms with Crippen LogP contribution in [0.2, 0.25) is 0 Å².